The van der Waals surface area contributed by atoms with Crippen LogP contribution in [0.3, 0.4) is 0 Å². The van der Waals surface area contributed by atoms with E-state index >= 15 is 0 Å². The maximum atomic E-state index is 13.3. The summed E-state index contributed by atoms with van der Waals surface area (Å²) in [6.45, 7) is 2.45. The molecule has 40 heavy (non-hydrogen) atoms. The number of hydrogen-bond donors (Lipinski definition) is 1. The Morgan fingerprint density at radius 3 is 2.50 bits per heavy atom. The summed E-state index contributed by atoms with van der Waals surface area (Å²) < 4.78 is 33.6. The second-order valence-corrected chi connectivity index (χ2v) is 10.4. The van der Waals surface area contributed by atoms with E-state index in [1.807, 2.05) is 0 Å². The molecule has 0 spiro atoms. The van der Waals surface area contributed by atoms with Gasteiger partial charge in [-0.1, -0.05) is 12.8 Å². The van der Waals surface area contributed by atoms with Crippen molar-refractivity contribution in [2.24, 2.45) is 5.92 Å². The Labute approximate surface area is 233 Å². The molecule has 0 radical (unpaired) electrons. The zero-order valence-electron chi connectivity index (χ0n) is 23.2. The first-order valence-corrected chi connectivity index (χ1v) is 13.9. The number of hydrogen-bond acceptors (Lipinski definition) is 11. The third-order valence-corrected chi connectivity index (χ3v) is 7.30. The normalized spacial score (nSPS) is 25.5. The van der Waals surface area contributed by atoms with E-state index in [0.717, 1.165) is 38.5 Å². The van der Waals surface area contributed by atoms with Crippen LogP contribution in [0, 0.1) is 5.92 Å². The number of esters is 3. The number of aromatic nitrogens is 1. The molecule has 4 unspecified atom stereocenters. The number of cyclic esters (lactones) is 1. The molecule has 3 aliphatic rings. The molecule has 1 aromatic heterocycles. The van der Waals surface area contributed by atoms with Crippen LogP contribution in [-0.4, -0.2) is 73.2 Å². The summed E-state index contributed by atoms with van der Waals surface area (Å²) in [5.41, 5.74) is -0.147. The van der Waals surface area contributed by atoms with Crippen molar-refractivity contribution in [3.63, 3.8) is 0 Å². The zero-order valence-corrected chi connectivity index (χ0v) is 23.2. The van der Waals surface area contributed by atoms with E-state index in [0.29, 0.717) is 12.8 Å². The summed E-state index contributed by atoms with van der Waals surface area (Å²) in [5.74, 6) is -2.14. The van der Waals surface area contributed by atoms with Crippen molar-refractivity contribution in [1.29, 1.82) is 0 Å². The summed E-state index contributed by atoms with van der Waals surface area (Å²) in [7, 11) is 1.39. The van der Waals surface area contributed by atoms with Gasteiger partial charge in [0.2, 0.25) is 6.79 Å². The van der Waals surface area contributed by atoms with Crippen molar-refractivity contribution >= 4 is 23.8 Å². The summed E-state index contributed by atoms with van der Waals surface area (Å²) in [6, 6.07) is 0.498. The highest BCUT2D eigenvalue weighted by Crippen LogP contribution is 2.34. The van der Waals surface area contributed by atoms with Gasteiger partial charge in [-0.25, -0.2) is 9.78 Å². The van der Waals surface area contributed by atoms with Crippen LogP contribution in [0.4, 0.5) is 0 Å². The van der Waals surface area contributed by atoms with Crippen LogP contribution in [0.25, 0.3) is 0 Å². The van der Waals surface area contributed by atoms with Crippen LogP contribution in [0.1, 0.15) is 82.1 Å². The number of carbonyl (C=O) groups is 4. The Kier molecular flexibility index (Phi) is 10.2. The molecule has 12 nitrogen and oxygen atoms in total. The Hall–Kier alpha value is -3.41. The standard InChI is InChI=1S/C28H38N2O10/c1-16-24(40-27(33)18-11-12-18)22(39-19-7-4-5-8-19)10-6-9-20(28(34)38-16)30-26(32)23-25(37-15-36-17(2)31)21(35-3)13-14-29-23/h13-14,16,18-20,22,24H,4-12,15H2,1-3H3,(H,30,32). The maximum absolute atomic E-state index is 13.3. The molecule has 1 aromatic rings. The number of nitrogens with zero attached hydrogens (tertiary/aromatic N) is 1. The Morgan fingerprint density at radius 2 is 1.82 bits per heavy atom. The van der Waals surface area contributed by atoms with E-state index < -0.39 is 49.0 Å². The average molecular weight is 563 g/mol. The predicted molar refractivity (Wildman–Crippen MR) is 138 cm³/mol. The second-order valence-electron chi connectivity index (χ2n) is 10.4. The SMILES string of the molecule is COc1ccnc(C(=O)NC2CCCC(OC3CCCC3)C(OC(=O)C3CC3)C(C)OC2=O)c1OCOC(C)=O. The number of methoxy groups -OCH3 is 1. The van der Waals surface area contributed by atoms with Crippen molar-refractivity contribution in [2.45, 2.75) is 102 Å². The lowest BCUT2D eigenvalue weighted by molar-refractivity contribution is -0.184. The monoisotopic (exact) mass is 562 g/mol. The molecule has 1 N–H and O–H groups in total. The van der Waals surface area contributed by atoms with Gasteiger partial charge >= 0.3 is 17.9 Å². The smallest absolute Gasteiger partial charge is 0.329 e. The Balaban J connectivity index is 1.48. The fourth-order valence-electron chi connectivity index (χ4n) is 5.00. The number of ether oxygens (including phenoxy) is 6. The number of pyridine rings is 1. The predicted octanol–water partition coefficient (Wildman–Crippen LogP) is 2.85. The molecule has 4 atom stereocenters. The average Bonchev–Trinajstić information content (AvgIpc) is 3.65. The largest absolute Gasteiger partial charge is 0.493 e. The van der Waals surface area contributed by atoms with Gasteiger partial charge in [-0.15, -0.1) is 0 Å². The van der Waals surface area contributed by atoms with E-state index in [9.17, 15) is 19.2 Å². The highest BCUT2D eigenvalue weighted by Gasteiger charge is 2.41. The molecule has 1 aliphatic heterocycles. The molecular weight excluding hydrogens is 524 g/mol. The minimum atomic E-state index is -0.991. The lowest BCUT2D eigenvalue weighted by atomic mass is 10.0. The van der Waals surface area contributed by atoms with Crippen molar-refractivity contribution < 1.29 is 47.6 Å². The fourth-order valence-corrected chi connectivity index (χ4v) is 5.00. The van der Waals surface area contributed by atoms with Gasteiger partial charge in [0.25, 0.3) is 5.91 Å². The Bertz CT molecular complexity index is 1070. The van der Waals surface area contributed by atoms with Gasteiger partial charge in [0, 0.05) is 19.2 Å². The molecule has 2 aliphatic carbocycles. The minimum Gasteiger partial charge on any atom is -0.493 e. The van der Waals surface area contributed by atoms with E-state index in [2.05, 4.69) is 10.3 Å². The van der Waals surface area contributed by atoms with E-state index in [1.54, 1.807) is 6.92 Å². The number of carbonyl (C=O) groups excluding carboxylic acids is 4. The topological polar surface area (TPSA) is 149 Å². The van der Waals surface area contributed by atoms with Crippen molar-refractivity contribution in [1.82, 2.24) is 10.3 Å². The van der Waals surface area contributed by atoms with Gasteiger partial charge in [-0.05, 0) is 51.9 Å². The third kappa shape index (κ3) is 7.83. The molecule has 0 bridgehead atoms. The van der Waals surface area contributed by atoms with Crippen LogP contribution >= 0.6 is 0 Å². The number of nitrogens with one attached hydrogen (secondary N) is 1. The summed E-state index contributed by atoms with van der Waals surface area (Å²) >= 11 is 0. The van der Waals surface area contributed by atoms with Crippen molar-refractivity contribution in [3.05, 3.63) is 18.0 Å². The first-order valence-electron chi connectivity index (χ1n) is 13.9. The van der Waals surface area contributed by atoms with E-state index in [-0.39, 0.29) is 41.6 Å². The molecule has 1 saturated heterocycles. The lowest BCUT2D eigenvalue weighted by Gasteiger charge is -2.32. The highest BCUT2D eigenvalue weighted by molar-refractivity contribution is 5.98. The number of rotatable bonds is 10. The van der Waals surface area contributed by atoms with Crippen LogP contribution in [0.2, 0.25) is 0 Å². The van der Waals surface area contributed by atoms with Crippen LogP contribution in [-0.2, 0) is 33.3 Å². The second kappa shape index (κ2) is 13.8. The quantitative estimate of drug-likeness (QED) is 0.255. The lowest BCUT2D eigenvalue weighted by Crippen LogP contribution is -2.47. The molecule has 1 amide bonds. The molecule has 3 fully saturated rings. The van der Waals surface area contributed by atoms with Crippen LogP contribution < -0.4 is 14.8 Å². The van der Waals surface area contributed by atoms with Gasteiger partial charge in [0.15, 0.2) is 23.3 Å². The van der Waals surface area contributed by atoms with E-state index in [1.165, 1.54) is 26.3 Å². The highest BCUT2D eigenvalue weighted by atomic mass is 16.7. The van der Waals surface area contributed by atoms with Crippen LogP contribution in [0.15, 0.2) is 12.3 Å². The van der Waals surface area contributed by atoms with Gasteiger partial charge in [0.1, 0.15) is 12.1 Å². The van der Waals surface area contributed by atoms with Crippen molar-refractivity contribution in [2.75, 3.05) is 13.9 Å². The maximum Gasteiger partial charge on any atom is 0.329 e. The summed E-state index contributed by atoms with van der Waals surface area (Å²) in [6.07, 6.45) is 6.48. The molecule has 220 valence electrons. The third-order valence-electron chi connectivity index (χ3n) is 7.30. The Morgan fingerprint density at radius 1 is 1.07 bits per heavy atom. The molecule has 4 rings (SSSR count). The zero-order chi connectivity index (χ0) is 28.6. The fraction of sp³-hybridized carbons (Fsp3) is 0.679. The van der Waals surface area contributed by atoms with E-state index in [4.69, 9.17) is 28.4 Å². The van der Waals surface area contributed by atoms with Crippen molar-refractivity contribution in [3.8, 4) is 11.5 Å². The summed E-state index contributed by atoms with van der Waals surface area (Å²) in [4.78, 5) is 54.3. The van der Waals surface area contributed by atoms with Gasteiger partial charge < -0.3 is 33.7 Å². The molecule has 0 aromatic carbocycles. The summed E-state index contributed by atoms with van der Waals surface area (Å²) in [5, 5.41) is 2.70. The van der Waals surface area contributed by atoms with Gasteiger partial charge in [0.05, 0.1) is 25.2 Å². The van der Waals surface area contributed by atoms with Gasteiger partial charge in [-0.2, -0.15) is 0 Å². The molecular formula is C28H38N2O10. The first-order chi connectivity index (χ1) is 19.3. The van der Waals surface area contributed by atoms with Gasteiger partial charge in [-0.3, -0.25) is 14.4 Å². The molecule has 12 heteroatoms. The molecule has 2 saturated carbocycles. The first kappa shape index (κ1) is 29.6. The number of amides is 1. The van der Waals surface area contributed by atoms with Crippen LogP contribution in [0.5, 0.6) is 11.5 Å². The minimum absolute atomic E-state index is 0.0365. The molecule has 2 heterocycles.